The lowest BCUT2D eigenvalue weighted by atomic mass is 9.92. The van der Waals surface area contributed by atoms with Gasteiger partial charge in [0.05, 0.1) is 5.92 Å². The molecule has 0 radical (unpaired) electrons. The van der Waals surface area contributed by atoms with Crippen LogP contribution in [0.3, 0.4) is 0 Å². The van der Waals surface area contributed by atoms with Gasteiger partial charge < -0.3 is 15.3 Å². The minimum Gasteiger partial charge on any atom is -0.481 e. The molecule has 0 aliphatic carbocycles. The molecule has 1 aromatic carbocycles. The molecule has 3 rings (SSSR count). The molecular formula is C15H16N2O4. The summed E-state index contributed by atoms with van der Waals surface area (Å²) in [6.45, 7) is 0.150. The summed E-state index contributed by atoms with van der Waals surface area (Å²) in [6.07, 6.45) is 1.23. The molecule has 21 heavy (non-hydrogen) atoms. The Labute approximate surface area is 121 Å². The Bertz CT molecular complexity index is 613. The zero-order valence-electron chi connectivity index (χ0n) is 11.4. The largest absolute Gasteiger partial charge is 0.481 e. The Morgan fingerprint density at radius 1 is 1.29 bits per heavy atom. The van der Waals surface area contributed by atoms with E-state index in [4.69, 9.17) is 0 Å². The van der Waals surface area contributed by atoms with Crippen molar-refractivity contribution in [1.82, 2.24) is 5.32 Å². The van der Waals surface area contributed by atoms with Crippen molar-refractivity contribution in [2.75, 3.05) is 11.4 Å². The van der Waals surface area contributed by atoms with Crippen LogP contribution in [0.25, 0.3) is 0 Å². The molecule has 1 saturated heterocycles. The van der Waals surface area contributed by atoms with Gasteiger partial charge in [-0.1, -0.05) is 18.2 Å². The molecule has 0 aromatic heterocycles. The Balaban J connectivity index is 1.91. The third-order valence-corrected chi connectivity index (χ3v) is 4.06. The van der Waals surface area contributed by atoms with Crippen LogP contribution in [0.5, 0.6) is 0 Å². The Hall–Kier alpha value is -2.37. The number of rotatable bonds is 2. The maximum atomic E-state index is 12.6. The minimum atomic E-state index is -0.905. The number of amides is 2. The molecule has 2 aliphatic heterocycles. The van der Waals surface area contributed by atoms with Gasteiger partial charge in [-0.05, 0) is 24.5 Å². The number of nitrogens with one attached hydrogen (secondary N) is 1. The number of para-hydroxylation sites is 1. The van der Waals surface area contributed by atoms with Crippen molar-refractivity contribution in [3.05, 3.63) is 29.8 Å². The van der Waals surface area contributed by atoms with E-state index < -0.39 is 17.9 Å². The standard InChI is InChI=1S/C15H16N2O4/c18-13-6-5-11(16-13)14(19)17-8-10(15(20)21)7-9-3-1-2-4-12(9)17/h1-4,10-11H,5-8H2,(H,16,18)(H,20,21). The predicted molar refractivity (Wildman–Crippen MR) is 74.8 cm³/mol. The highest BCUT2D eigenvalue weighted by Crippen LogP contribution is 2.31. The van der Waals surface area contributed by atoms with Crippen molar-refractivity contribution in [2.45, 2.75) is 25.3 Å². The SMILES string of the molecule is O=C1CCC(C(=O)N2CC(C(=O)O)Cc3ccccc32)N1. The number of carbonyl (C=O) groups is 3. The fourth-order valence-corrected chi connectivity index (χ4v) is 2.96. The number of hydrogen-bond donors (Lipinski definition) is 2. The Morgan fingerprint density at radius 2 is 2.05 bits per heavy atom. The molecule has 2 aliphatic rings. The van der Waals surface area contributed by atoms with E-state index >= 15 is 0 Å². The maximum Gasteiger partial charge on any atom is 0.308 e. The fraction of sp³-hybridized carbons (Fsp3) is 0.400. The van der Waals surface area contributed by atoms with Crippen LogP contribution >= 0.6 is 0 Å². The summed E-state index contributed by atoms with van der Waals surface area (Å²) in [7, 11) is 0. The van der Waals surface area contributed by atoms with E-state index in [0.29, 0.717) is 19.3 Å². The third-order valence-electron chi connectivity index (χ3n) is 4.06. The highest BCUT2D eigenvalue weighted by atomic mass is 16.4. The predicted octanol–water partition coefficient (Wildman–Crippen LogP) is 0.555. The van der Waals surface area contributed by atoms with Gasteiger partial charge in [-0.2, -0.15) is 0 Å². The molecule has 2 N–H and O–H groups in total. The van der Waals surface area contributed by atoms with E-state index in [1.165, 1.54) is 4.90 Å². The second-order valence-electron chi connectivity index (χ2n) is 5.48. The van der Waals surface area contributed by atoms with Gasteiger partial charge in [-0.3, -0.25) is 14.4 Å². The van der Waals surface area contributed by atoms with Crippen molar-refractivity contribution in [2.24, 2.45) is 5.92 Å². The Kier molecular flexibility index (Phi) is 3.37. The number of carbonyl (C=O) groups excluding carboxylic acids is 2. The molecule has 0 bridgehead atoms. The number of fused-ring (bicyclic) bond motifs is 1. The normalized spacial score (nSPS) is 24.4. The zero-order valence-corrected chi connectivity index (χ0v) is 11.4. The number of nitrogens with zero attached hydrogens (tertiary/aromatic N) is 1. The molecule has 110 valence electrons. The van der Waals surface area contributed by atoms with Crippen LogP contribution in [0.2, 0.25) is 0 Å². The van der Waals surface area contributed by atoms with E-state index in [-0.39, 0.29) is 18.4 Å². The van der Waals surface area contributed by atoms with Gasteiger partial charge in [0, 0.05) is 18.7 Å². The molecule has 2 atom stereocenters. The van der Waals surface area contributed by atoms with Crippen molar-refractivity contribution in [3.8, 4) is 0 Å². The van der Waals surface area contributed by atoms with E-state index in [9.17, 15) is 19.5 Å². The highest BCUT2D eigenvalue weighted by molar-refractivity contribution is 6.02. The number of carboxylic acid groups (broad SMARTS) is 1. The second kappa shape index (κ2) is 5.20. The average molecular weight is 288 g/mol. The third kappa shape index (κ3) is 2.49. The summed E-state index contributed by atoms with van der Waals surface area (Å²) in [4.78, 5) is 36.7. The van der Waals surface area contributed by atoms with Crippen LogP contribution in [0, 0.1) is 5.92 Å². The number of hydrogen-bond acceptors (Lipinski definition) is 3. The van der Waals surface area contributed by atoms with E-state index in [2.05, 4.69) is 5.32 Å². The van der Waals surface area contributed by atoms with Gasteiger partial charge in [-0.25, -0.2) is 0 Å². The van der Waals surface area contributed by atoms with Crippen LogP contribution in [0.15, 0.2) is 24.3 Å². The summed E-state index contributed by atoms with van der Waals surface area (Å²) < 4.78 is 0. The molecule has 1 aromatic rings. The number of carboxylic acids is 1. The van der Waals surface area contributed by atoms with Crippen LogP contribution in [-0.2, 0) is 20.8 Å². The summed E-state index contributed by atoms with van der Waals surface area (Å²) in [5.74, 6) is -1.87. The molecule has 0 spiro atoms. The van der Waals surface area contributed by atoms with Crippen molar-refractivity contribution in [1.29, 1.82) is 0 Å². The first kappa shape index (κ1) is 13.6. The molecule has 2 amide bonds. The molecular weight excluding hydrogens is 272 g/mol. The first-order chi connectivity index (χ1) is 10.1. The highest BCUT2D eigenvalue weighted by Gasteiger charge is 2.37. The molecule has 6 heteroatoms. The van der Waals surface area contributed by atoms with Gasteiger partial charge in [0.1, 0.15) is 6.04 Å². The summed E-state index contributed by atoms with van der Waals surface area (Å²) in [6, 6.07) is 6.79. The van der Waals surface area contributed by atoms with E-state index in [1.54, 1.807) is 0 Å². The lowest BCUT2D eigenvalue weighted by Crippen LogP contribution is -2.49. The summed E-state index contributed by atoms with van der Waals surface area (Å²) in [5.41, 5.74) is 1.61. The number of benzene rings is 1. The molecule has 6 nitrogen and oxygen atoms in total. The number of aliphatic carboxylic acids is 1. The molecule has 2 heterocycles. The monoisotopic (exact) mass is 288 g/mol. The molecule has 1 fully saturated rings. The lowest BCUT2D eigenvalue weighted by Gasteiger charge is -2.34. The summed E-state index contributed by atoms with van der Waals surface area (Å²) in [5, 5.41) is 11.9. The van der Waals surface area contributed by atoms with Gasteiger partial charge in [0.15, 0.2) is 0 Å². The van der Waals surface area contributed by atoms with E-state index in [0.717, 1.165) is 11.3 Å². The maximum absolute atomic E-state index is 12.6. The molecule has 0 saturated carbocycles. The van der Waals surface area contributed by atoms with Crippen LogP contribution in [-0.4, -0.2) is 35.5 Å². The fourth-order valence-electron chi connectivity index (χ4n) is 2.96. The zero-order chi connectivity index (χ0) is 15.0. The minimum absolute atomic E-state index is 0.131. The van der Waals surface area contributed by atoms with Crippen LogP contribution in [0.1, 0.15) is 18.4 Å². The first-order valence-electron chi connectivity index (χ1n) is 6.97. The van der Waals surface area contributed by atoms with Crippen molar-refractivity contribution >= 4 is 23.5 Å². The average Bonchev–Trinajstić information content (AvgIpc) is 2.92. The van der Waals surface area contributed by atoms with Crippen LogP contribution < -0.4 is 10.2 Å². The van der Waals surface area contributed by atoms with Gasteiger partial charge >= 0.3 is 5.97 Å². The van der Waals surface area contributed by atoms with Gasteiger partial charge in [-0.15, -0.1) is 0 Å². The second-order valence-corrected chi connectivity index (χ2v) is 5.48. The number of anilines is 1. The van der Waals surface area contributed by atoms with Gasteiger partial charge in [0.2, 0.25) is 11.8 Å². The van der Waals surface area contributed by atoms with E-state index in [1.807, 2.05) is 24.3 Å². The van der Waals surface area contributed by atoms with Gasteiger partial charge in [0.25, 0.3) is 0 Å². The quantitative estimate of drug-likeness (QED) is 0.832. The smallest absolute Gasteiger partial charge is 0.308 e. The van der Waals surface area contributed by atoms with Crippen LogP contribution in [0.4, 0.5) is 5.69 Å². The van der Waals surface area contributed by atoms with Crippen molar-refractivity contribution in [3.63, 3.8) is 0 Å². The topological polar surface area (TPSA) is 86.7 Å². The Morgan fingerprint density at radius 3 is 2.71 bits per heavy atom. The van der Waals surface area contributed by atoms with Crippen molar-refractivity contribution < 1.29 is 19.5 Å². The lowest BCUT2D eigenvalue weighted by molar-refractivity contribution is -0.141. The summed E-state index contributed by atoms with van der Waals surface area (Å²) >= 11 is 0. The molecule has 2 unspecified atom stereocenters. The first-order valence-corrected chi connectivity index (χ1v) is 6.97.